The second-order valence-electron chi connectivity index (χ2n) is 5.72. The van der Waals surface area contributed by atoms with Crippen LogP contribution in [0.25, 0.3) is 0 Å². The fraction of sp³-hybridized carbons (Fsp3) is 0.800. The third-order valence-corrected chi connectivity index (χ3v) is 3.88. The SMILES string of the molecule is CCCNC(Cc1cc(C)nn1C)CC1CCOC1. The molecule has 1 aromatic heterocycles. The Bertz CT molecular complexity index is 383. The van der Waals surface area contributed by atoms with Crippen LogP contribution >= 0.6 is 0 Å². The normalized spacial score (nSPS) is 20.9. The highest BCUT2D eigenvalue weighted by molar-refractivity contribution is 5.10. The fourth-order valence-electron chi connectivity index (χ4n) is 2.87. The maximum atomic E-state index is 5.50. The van der Waals surface area contributed by atoms with Crippen LogP contribution in [0.3, 0.4) is 0 Å². The van der Waals surface area contributed by atoms with Gasteiger partial charge < -0.3 is 10.1 Å². The van der Waals surface area contributed by atoms with Crippen molar-refractivity contribution in [1.29, 1.82) is 0 Å². The Morgan fingerprint density at radius 1 is 1.58 bits per heavy atom. The molecule has 0 radical (unpaired) electrons. The summed E-state index contributed by atoms with van der Waals surface area (Å²) in [5.41, 5.74) is 2.43. The molecule has 1 fully saturated rings. The Kier molecular flexibility index (Phi) is 5.40. The summed E-state index contributed by atoms with van der Waals surface area (Å²) in [5.74, 6) is 0.726. The third kappa shape index (κ3) is 4.32. The van der Waals surface area contributed by atoms with E-state index in [9.17, 15) is 0 Å². The molecule has 0 amide bonds. The van der Waals surface area contributed by atoms with Gasteiger partial charge in [-0.25, -0.2) is 0 Å². The van der Waals surface area contributed by atoms with Crippen molar-refractivity contribution in [3.05, 3.63) is 17.5 Å². The first-order valence-electron chi connectivity index (χ1n) is 7.49. The van der Waals surface area contributed by atoms with Crippen LogP contribution in [0.2, 0.25) is 0 Å². The summed E-state index contributed by atoms with van der Waals surface area (Å²) in [6.07, 6.45) is 4.68. The molecule has 19 heavy (non-hydrogen) atoms. The topological polar surface area (TPSA) is 39.1 Å². The minimum atomic E-state index is 0.543. The van der Waals surface area contributed by atoms with Crippen LogP contribution in [0.5, 0.6) is 0 Å². The van der Waals surface area contributed by atoms with E-state index in [0.717, 1.165) is 37.8 Å². The Hall–Kier alpha value is -0.870. The average Bonchev–Trinajstić information content (AvgIpc) is 2.97. The molecule has 0 saturated carbocycles. The van der Waals surface area contributed by atoms with Crippen LogP contribution in [-0.2, 0) is 18.2 Å². The van der Waals surface area contributed by atoms with Crippen molar-refractivity contribution < 1.29 is 4.74 Å². The van der Waals surface area contributed by atoms with Crippen molar-refractivity contribution in [2.45, 2.75) is 45.6 Å². The highest BCUT2D eigenvalue weighted by atomic mass is 16.5. The Morgan fingerprint density at radius 3 is 3.00 bits per heavy atom. The zero-order valence-electron chi connectivity index (χ0n) is 12.5. The quantitative estimate of drug-likeness (QED) is 0.820. The molecule has 4 nitrogen and oxygen atoms in total. The van der Waals surface area contributed by atoms with Crippen molar-refractivity contribution in [2.75, 3.05) is 19.8 Å². The maximum Gasteiger partial charge on any atom is 0.0596 e. The first kappa shape index (κ1) is 14.5. The summed E-state index contributed by atoms with van der Waals surface area (Å²) in [4.78, 5) is 0. The molecular formula is C15H27N3O. The predicted molar refractivity (Wildman–Crippen MR) is 77.3 cm³/mol. The van der Waals surface area contributed by atoms with Gasteiger partial charge in [0, 0.05) is 38.4 Å². The van der Waals surface area contributed by atoms with E-state index < -0.39 is 0 Å². The number of hydrogen-bond acceptors (Lipinski definition) is 3. The lowest BCUT2D eigenvalue weighted by atomic mass is 9.96. The van der Waals surface area contributed by atoms with Crippen molar-refractivity contribution in [3.63, 3.8) is 0 Å². The molecule has 1 aromatic rings. The van der Waals surface area contributed by atoms with Crippen molar-refractivity contribution in [1.82, 2.24) is 15.1 Å². The minimum Gasteiger partial charge on any atom is -0.381 e. The number of aryl methyl sites for hydroxylation is 2. The highest BCUT2D eigenvalue weighted by Gasteiger charge is 2.21. The van der Waals surface area contributed by atoms with Crippen LogP contribution in [0.4, 0.5) is 0 Å². The van der Waals surface area contributed by atoms with Gasteiger partial charge in [0.1, 0.15) is 0 Å². The molecule has 0 aromatic carbocycles. The zero-order chi connectivity index (χ0) is 13.7. The smallest absolute Gasteiger partial charge is 0.0596 e. The molecule has 2 heterocycles. The molecule has 0 spiro atoms. The molecule has 0 aliphatic carbocycles. The van der Waals surface area contributed by atoms with Crippen LogP contribution in [0.1, 0.15) is 37.6 Å². The first-order valence-corrected chi connectivity index (χ1v) is 7.49. The van der Waals surface area contributed by atoms with E-state index in [0.29, 0.717) is 6.04 Å². The Morgan fingerprint density at radius 2 is 2.42 bits per heavy atom. The molecule has 2 rings (SSSR count). The summed E-state index contributed by atoms with van der Waals surface area (Å²) in [7, 11) is 2.04. The van der Waals surface area contributed by atoms with Gasteiger partial charge in [0.2, 0.25) is 0 Å². The highest BCUT2D eigenvalue weighted by Crippen LogP contribution is 2.20. The van der Waals surface area contributed by atoms with Crippen molar-refractivity contribution in [2.24, 2.45) is 13.0 Å². The van der Waals surface area contributed by atoms with E-state index >= 15 is 0 Å². The summed E-state index contributed by atoms with van der Waals surface area (Å²) in [6.45, 7) is 7.25. The first-order chi connectivity index (χ1) is 9.19. The molecular weight excluding hydrogens is 238 g/mol. The number of aromatic nitrogens is 2. The molecule has 108 valence electrons. The maximum absolute atomic E-state index is 5.50. The number of ether oxygens (including phenoxy) is 1. The second kappa shape index (κ2) is 7.06. The van der Waals surface area contributed by atoms with Crippen LogP contribution in [0, 0.1) is 12.8 Å². The van der Waals surface area contributed by atoms with Gasteiger partial charge in [0.15, 0.2) is 0 Å². The van der Waals surface area contributed by atoms with Crippen molar-refractivity contribution in [3.8, 4) is 0 Å². The zero-order valence-corrected chi connectivity index (χ0v) is 12.5. The summed E-state index contributed by atoms with van der Waals surface area (Å²) < 4.78 is 7.51. The molecule has 1 N–H and O–H groups in total. The third-order valence-electron chi connectivity index (χ3n) is 3.88. The minimum absolute atomic E-state index is 0.543. The van der Waals surface area contributed by atoms with E-state index in [2.05, 4.69) is 30.3 Å². The molecule has 0 bridgehead atoms. The number of nitrogens with zero attached hydrogens (tertiary/aromatic N) is 2. The van der Waals surface area contributed by atoms with Gasteiger partial charge in [-0.3, -0.25) is 4.68 Å². The summed E-state index contributed by atoms with van der Waals surface area (Å²) >= 11 is 0. The Balaban J connectivity index is 1.93. The molecule has 2 atom stereocenters. The van der Waals surface area contributed by atoms with E-state index in [4.69, 9.17) is 4.74 Å². The fourth-order valence-corrected chi connectivity index (χ4v) is 2.87. The number of hydrogen-bond donors (Lipinski definition) is 1. The molecule has 1 saturated heterocycles. The largest absolute Gasteiger partial charge is 0.381 e. The van der Waals surface area contributed by atoms with Gasteiger partial charge in [-0.15, -0.1) is 0 Å². The number of rotatable bonds is 7. The summed E-state index contributed by atoms with van der Waals surface area (Å²) in [5, 5.41) is 8.13. The molecule has 1 aliphatic rings. The van der Waals surface area contributed by atoms with E-state index in [-0.39, 0.29) is 0 Å². The van der Waals surface area contributed by atoms with Crippen LogP contribution in [0.15, 0.2) is 6.07 Å². The van der Waals surface area contributed by atoms with E-state index in [1.165, 1.54) is 25.0 Å². The lowest BCUT2D eigenvalue weighted by molar-refractivity contribution is 0.181. The molecule has 1 aliphatic heterocycles. The van der Waals surface area contributed by atoms with Gasteiger partial charge in [0.05, 0.1) is 5.69 Å². The van der Waals surface area contributed by atoms with Gasteiger partial charge >= 0.3 is 0 Å². The number of nitrogens with one attached hydrogen (secondary N) is 1. The van der Waals surface area contributed by atoms with Crippen LogP contribution in [-0.4, -0.2) is 35.6 Å². The average molecular weight is 265 g/mol. The van der Waals surface area contributed by atoms with Gasteiger partial charge in [-0.05, 0) is 44.7 Å². The van der Waals surface area contributed by atoms with E-state index in [1.807, 2.05) is 11.7 Å². The molecule has 2 unspecified atom stereocenters. The second-order valence-corrected chi connectivity index (χ2v) is 5.72. The Labute approximate surface area is 116 Å². The molecule has 4 heteroatoms. The van der Waals surface area contributed by atoms with Gasteiger partial charge in [0.25, 0.3) is 0 Å². The standard InChI is InChI=1S/C15H27N3O/c1-4-6-16-14(9-13-5-7-19-11-13)10-15-8-12(2)17-18(15)3/h8,13-14,16H,4-7,9-11H2,1-3H3. The predicted octanol–water partition coefficient (Wildman–Crippen LogP) is 2.07. The lowest BCUT2D eigenvalue weighted by Crippen LogP contribution is -2.34. The van der Waals surface area contributed by atoms with Gasteiger partial charge in [-0.1, -0.05) is 6.92 Å². The lowest BCUT2D eigenvalue weighted by Gasteiger charge is -2.21. The van der Waals surface area contributed by atoms with Crippen LogP contribution < -0.4 is 5.32 Å². The van der Waals surface area contributed by atoms with Gasteiger partial charge in [-0.2, -0.15) is 5.10 Å². The van der Waals surface area contributed by atoms with E-state index in [1.54, 1.807) is 0 Å². The summed E-state index contributed by atoms with van der Waals surface area (Å²) in [6, 6.07) is 2.74. The monoisotopic (exact) mass is 265 g/mol. The van der Waals surface area contributed by atoms with Crippen molar-refractivity contribution >= 4 is 0 Å².